The summed E-state index contributed by atoms with van der Waals surface area (Å²) in [6.45, 7) is 1.98. The van der Waals surface area contributed by atoms with E-state index in [4.69, 9.17) is 5.26 Å². The van der Waals surface area contributed by atoms with Crippen LogP contribution in [0.3, 0.4) is 0 Å². The molecule has 0 aliphatic rings. The van der Waals surface area contributed by atoms with Crippen LogP contribution in [0.5, 0.6) is 0 Å². The van der Waals surface area contributed by atoms with E-state index < -0.39 is 6.04 Å². The molecule has 0 bridgehead atoms. The molecule has 0 spiro atoms. The molecule has 1 N–H and O–H groups in total. The average Bonchev–Trinajstić information content (AvgIpc) is 2.36. The van der Waals surface area contributed by atoms with Crippen LogP contribution in [0.4, 0.5) is 10.1 Å². The van der Waals surface area contributed by atoms with Gasteiger partial charge in [-0.25, -0.2) is 4.39 Å². The Morgan fingerprint density at radius 3 is 2.61 bits per heavy atom. The van der Waals surface area contributed by atoms with Crippen molar-refractivity contribution in [2.24, 2.45) is 0 Å². The second kappa shape index (κ2) is 5.33. The highest BCUT2D eigenvalue weighted by atomic mass is 19.1. The Morgan fingerprint density at radius 1 is 1.17 bits per heavy atom. The van der Waals surface area contributed by atoms with Crippen molar-refractivity contribution in [3.05, 3.63) is 65.5 Å². The molecule has 0 saturated heterocycles. The topological polar surface area (TPSA) is 35.8 Å². The molecule has 2 aromatic rings. The van der Waals surface area contributed by atoms with Gasteiger partial charge >= 0.3 is 0 Å². The molecule has 1 atom stereocenters. The molecule has 0 amide bonds. The highest BCUT2D eigenvalue weighted by Crippen LogP contribution is 2.20. The lowest BCUT2D eigenvalue weighted by molar-refractivity contribution is 0.625. The van der Waals surface area contributed by atoms with Crippen LogP contribution in [0, 0.1) is 24.1 Å². The molecule has 0 radical (unpaired) electrons. The lowest BCUT2D eigenvalue weighted by atomic mass is 10.1. The minimum absolute atomic E-state index is 0.334. The number of hydrogen-bond donors (Lipinski definition) is 1. The summed E-state index contributed by atoms with van der Waals surface area (Å²) in [6.07, 6.45) is 0. The first-order valence-electron chi connectivity index (χ1n) is 5.67. The summed E-state index contributed by atoms with van der Waals surface area (Å²) in [5.74, 6) is -0.334. The zero-order valence-electron chi connectivity index (χ0n) is 10.0. The fourth-order valence-corrected chi connectivity index (χ4v) is 1.78. The van der Waals surface area contributed by atoms with Crippen molar-refractivity contribution in [1.82, 2.24) is 0 Å². The second-order valence-corrected chi connectivity index (χ2v) is 4.13. The first-order valence-corrected chi connectivity index (χ1v) is 5.67. The number of rotatable bonds is 3. The van der Waals surface area contributed by atoms with Gasteiger partial charge in [-0.15, -0.1) is 0 Å². The molecule has 0 heterocycles. The third-order valence-corrected chi connectivity index (χ3v) is 2.64. The van der Waals surface area contributed by atoms with Crippen LogP contribution in [0.1, 0.15) is 17.2 Å². The maximum Gasteiger partial charge on any atom is 0.140 e. The molecule has 90 valence electrons. The Kier molecular flexibility index (Phi) is 3.59. The zero-order valence-corrected chi connectivity index (χ0v) is 10.0. The van der Waals surface area contributed by atoms with Crippen molar-refractivity contribution in [3.8, 4) is 6.07 Å². The summed E-state index contributed by atoms with van der Waals surface area (Å²) in [6, 6.07) is 15.4. The lowest BCUT2D eigenvalue weighted by Crippen LogP contribution is -2.08. The van der Waals surface area contributed by atoms with E-state index in [1.165, 1.54) is 12.1 Å². The van der Waals surface area contributed by atoms with Crippen molar-refractivity contribution in [2.75, 3.05) is 5.32 Å². The van der Waals surface area contributed by atoms with E-state index in [9.17, 15) is 4.39 Å². The van der Waals surface area contributed by atoms with E-state index in [0.717, 1.165) is 11.3 Å². The molecule has 0 aliphatic carbocycles. The van der Waals surface area contributed by atoms with Crippen molar-refractivity contribution in [1.29, 1.82) is 5.26 Å². The SMILES string of the molecule is Cc1cccc(NC(C#N)c2cccc(F)c2)c1. The van der Waals surface area contributed by atoms with Gasteiger partial charge in [0.15, 0.2) is 0 Å². The summed E-state index contributed by atoms with van der Waals surface area (Å²) >= 11 is 0. The minimum atomic E-state index is -0.553. The summed E-state index contributed by atoms with van der Waals surface area (Å²) < 4.78 is 13.1. The van der Waals surface area contributed by atoms with E-state index in [0.29, 0.717) is 5.56 Å². The molecule has 2 aromatic carbocycles. The number of aryl methyl sites for hydroxylation is 1. The Bertz CT molecular complexity index is 587. The third-order valence-electron chi connectivity index (χ3n) is 2.64. The van der Waals surface area contributed by atoms with Gasteiger partial charge in [-0.3, -0.25) is 0 Å². The highest BCUT2D eigenvalue weighted by Gasteiger charge is 2.10. The van der Waals surface area contributed by atoms with Gasteiger partial charge in [0.25, 0.3) is 0 Å². The molecule has 0 aliphatic heterocycles. The number of nitrogens with zero attached hydrogens (tertiary/aromatic N) is 1. The van der Waals surface area contributed by atoms with Crippen molar-refractivity contribution < 1.29 is 4.39 Å². The van der Waals surface area contributed by atoms with Crippen LogP contribution >= 0.6 is 0 Å². The van der Waals surface area contributed by atoms with E-state index >= 15 is 0 Å². The van der Waals surface area contributed by atoms with E-state index in [2.05, 4.69) is 11.4 Å². The van der Waals surface area contributed by atoms with Crippen molar-refractivity contribution >= 4 is 5.69 Å². The fraction of sp³-hybridized carbons (Fsp3) is 0.133. The largest absolute Gasteiger partial charge is 0.366 e. The molecule has 2 nitrogen and oxygen atoms in total. The normalized spacial score (nSPS) is 11.6. The summed E-state index contributed by atoms with van der Waals surface area (Å²) in [4.78, 5) is 0. The number of halogens is 1. The molecule has 0 aromatic heterocycles. The number of nitriles is 1. The molecular weight excluding hydrogens is 227 g/mol. The van der Waals surface area contributed by atoms with Gasteiger partial charge in [0.1, 0.15) is 11.9 Å². The van der Waals surface area contributed by atoms with Gasteiger partial charge in [0, 0.05) is 5.69 Å². The molecule has 3 heteroatoms. The second-order valence-electron chi connectivity index (χ2n) is 4.13. The Hall–Kier alpha value is -2.34. The Balaban J connectivity index is 2.23. The molecule has 0 saturated carbocycles. The number of nitrogens with one attached hydrogen (secondary N) is 1. The summed E-state index contributed by atoms with van der Waals surface area (Å²) in [5.41, 5.74) is 2.58. The van der Waals surface area contributed by atoms with Crippen LogP contribution in [-0.4, -0.2) is 0 Å². The van der Waals surface area contributed by atoms with Crippen LogP contribution in [0.25, 0.3) is 0 Å². The number of benzene rings is 2. The van der Waals surface area contributed by atoms with Gasteiger partial charge in [-0.05, 0) is 42.3 Å². The molecule has 0 fully saturated rings. The number of hydrogen-bond acceptors (Lipinski definition) is 2. The smallest absolute Gasteiger partial charge is 0.140 e. The summed E-state index contributed by atoms with van der Waals surface area (Å²) in [5, 5.41) is 12.3. The Labute approximate surface area is 106 Å². The number of anilines is 1. The fourth-order valence-electron chi connectivity index (χ4n) is 1.78. The maximum absolute atomic E-state index is 13.1. The molecule has 1 unspecified atom stereocenters. The molecule has 18 heavy (non-hydrogen) atoms. The minimum Gasteiger partial charge on any atom is -0.366 e. The summed E-state index contributed by atoms with van der Waals surface area (Å²) in [7, 11) is 0. The van der Waals surface area contributed by atoms with Gasteiger partial charge in [-0.1, -0.05) is 24.3 Å². The van der Waals surface area contributed by atoms with Gasteiger partial charge in [0.05, 0.1) is 6.07 Å². The van der Waals surface area contributed by atoms with Gasteiger partial charge in [-0.2, -0.15) is 5.26 Å². The Morgan fingerprint density at radius 2 is 1.94 bits per heavy atom. The van der Waals surface area contributed by atoms with E-state index in [-0.39, 0.29) is 5.82 Å². The predicted octanol–water partition coefficient (Wildman–Crippen LogP) is 3.81. The first-order chi connectivity index (χ1) is 8.69. The lowest BCUT2D eigenvalue weighted by Gasteiger charge is -2.13. The standard InChI is InChI=1S/C15H13FN2/c1-11-4-2-7-14(8-11)18-15(10-17)12-5-3-6-13(16)9-12/h2-9,15,18H,1H3. The van der Waals surface area contributed by atoms with Crippen LogP contribution in [0.2, 0.25) is 0 Å². The van der Waals surface area contributed by atoms with Crippen LogP contribution < -0.4 is 5.32 Å². The monoisotopic (exact) mass is 240 g/mol. The quantitative estimate of drug-likeness (QED) is 0.885. The van der Waals surface area contributed by atoms with Gasteiger partial charge < -0.3 is 5.32 Å². The molecular formula is C15H13FN2. The molecule has 2 rings (SSSR count). The van der Waals surface area contributed by atoms with Crippen LogP contribution in [0.15, 0.2) is 48.5 Å². The highest BCUT2D eigenvalue weighted by molar-refractivity contribution is 5.49. The maximum atomic E-state index is 13.1. The van der Waals surface area contributed by atoms with Crippen molar-refractivity contribution in [2.45, 2.75) is 13.0 Å². The van der Waals surface area contributed by atoms with Gasteiger partial charge in [0.2, 0.25) is 0 Å². The van der Waals surface area contributed by atoms with E-state index in [1.807, 2.05) is 31.2 Å². The third kappa shape index (κ3) is 2.86. The predicted molar refractivity (Wildman–Crippen MR) is 69.6 cm³/mol. The zero-order chi connectivity index (χ0) is 13.0. The first kappa shape index (κ1) is 12.1. The van der Waals surface area contributed by atoms with Crippen molar-refractivity contribution in [3.63, 3.8) is 0 Å². The van der Waals surface area contributed by atoms with Crippen LogP contribution in [-0.2, 0) is 0 Å². The average molecular weight is 240 g/mol. The van der Waals surface area contributed by atoms with E-state index in [1.54, 1.807) is 12.1 Å².